The molecule has 0 spiro atoms. The van der Waals surface area contributed by atoms with Crippen LogP contribution in [0.3, 0.4) is 0 Å². The summed E-state index contributed by atoms with van der Waals surface area (Å²) < 4.78 is 13.2. The molecule has 0 aromatic carbocycles. The third-order valence-corrected chi connectivity index (χ3v) is 2.59. The highest BCUT2D eigenvalue weighted by atomic mass is 32.2. The number of aromatic nitrogens is 2. The van der Waals surface area contributed by atoms with E-state index in [0.717, 1.165) is 5.03 Å². The van der Waals surface area contributed by atoms with Crippen LogP contribution in [-0.4, -0.2) is 9.97 Å². The zero-order valence-corrected chi connectivity index (χ0v) is 9.19. The van der Waals surface area contributed by atoms with Crippen LogP contribution >= 0.6 is 11.8 Å². The third-order valence-electron chi connectivity index (χ3n) is 1.84. The predicted molar refractivity (Wildman–Crippen MR) is 63.3 cm³/mol. The van der Waals surface area contributed by atoms with E-state index in [1.807, 2.05) is 18.2 Å². The van der Waals surface area contributed by atoms with Crippen molar-refractivity contribution in [3.63, 3.8) is 0 Å². The lowest BCUT2D eigenvalue weighted by atomic mass is 10.3. The highest BCUT2D eigenvalue weighted by Gasteiger charge is 1.96. The first-order chi connectivity index (χ1) is 7.86. The van der Waals surface area contributed by atoms with Crippen molar-refractivity contribution in [1.29, 1.82) is 0 Å². The Kier molecular flexibility index (Phi) is 3.66. The predicted octanol–water partition coefficient (Wildman–Crippen LogP) is 3.38. The first-order valence-electron chi connectivity index (χ1n) is 4.71. The number of hydrogen-bond acceptors (Lipinski definition) is 3. The lowest BCUT2D eigenvalue weighted by Crippen LogP contribution is -1.84. The van der Waals surface area contributed by atoms with Crippen LogP contribution in [0.2, 0.25) is 0 Å². The highest BCUT2D eigenvalue weighted by Crippen LogP contribution is 2.17. The van der Waals surface area contributed by atoms with Crippen LogP contribution in [0.4, 0.5) is 4.39 Å². The largest absolute Gasteiger partial charge is 0.254 e. The maximum atomic E-state index is 13.2. The van der Waals surface area contributed by atoms with Crippen LogP contribution in [0.15, 0.2) is 53.2 Å². The van der Waals surface area contributed by atoms with Gasteiger partial charge in [0.1, 0.15) is 10.8 Å². The van der Waals surface area contributed by atoms with Gasteiger partial charge in [-0.05, 0) is 35.7 Å². The number of hydrogen-bond donors (Lipinski definition) is 0. The fraction of sp³-hybridized carbons (Fsp3) is 0. The van der Waals surface area contributed by atoms with Crippen LogP contribution in [0.25, 0.3) is 6.08 Å². The Hall–Kier alpha value is -1.68. The summed E-state index contributed by atoms with van der Waals surface area (Å²) in [4.78, 5) is 8.04. The van der Waals surface area contributed by atoms with Crippen molar-refractivity contribution in [3.8, 4) is 0 Å². The molecular formula is C12H9FN2S. The number of rotatable bonds is 3. The van der Waals surface area contributed by atoms with E-state index in [0.29, 0.717) is 5.69 Å². The van der Waals surface area contributed by atoms with Crippen LogP contribution < -0.4 is 0 Å². The summed E-state index contributed by atoms with van der Waals surface area (Å²) in [5, 5.41) is 2.64. The van der Waals surface area contributed by atoms with Gasteiger partial charge in [0.15, 0.2) is 0 Å². The van der Waals surface area contributed by atoms with Crippen LogP contribution in [0.5, 0.6) is 0 Å². The Morgan fingerprint density at radius 2 is 1.94 bits per heavy atom. The van der Waals surface area contributed by atoms with Crippen molar-refractivity contribution >= 4 is 17.8 Å². The second kappa shape index (κ2) is 5.42. The zero-order valence-electron chi connectivity index (χ0n) is 8.38. The van der Waals surface area contributed by atoms with Gasteiger partial charge in [0.05, 0.1) is 5.69 Å². The maximum absolute atomic E-state index is 13.2. The smallest absolute Gasteiger partial charge is 0.148 e. The molecule has 0 saturated heterocycles. The van der Waals surface area contributed by atoms with Gasteiger partial charge < -0.3 is 0 Å². The second-order valence-corrected chi connectivity index (χ2v) is 3.89. The van der Waals surface area contributed by atoms with Gasteiger partial charge in [0, 0.05) is 12.4 Å². The highest BCUT2D eigenvalue weighted by molar-refractivity contribution is 8.02. The molecule has 2 nitrogen and oxygen atoms in total. The fourth-order valence-electron chi connectivity index (χ4n) is 1.11. The van der Waals surface area contributed by atoms with Gasteiger partial charge in [-0.1, -0.05) is 17.8 Å². The van der Waals surface area contributed by atoms with Gasteiger partial charge in [-0.3, -0.25) is 4.98 Å². The van der Waals surface area contributed by atoms with E-state index in [9.17, 15) is 4.39 Å². The number of halogens is 1. The summed E-state index contributed by atoms with van der Waals surface area (Å²) in [6.07, 6.45) is 4.92. The monoisotopic (exact) mass is 232 g/mol. The lowest BCUT2D eigenvalue weighted by Gasteiger charge is -1.95. The molecule has 0 bridgehead atoms. The zero-order chi connectivity index (χ0) is 11.2. The van der Waals surface area contributed by atoms with Gasteiger partial charge in [0.2, 0.25) is 0 Å². The summed E-state index contributed by atoms with van der Waals surface area (Å²) in [5.41, 5.74) is 0.339. The summed E-state index contributed by atoms with van der Waals surface area (Å²) >= 11 is 1.43. The second-order valence-electron chi connectivity index (χ2n) is 2.96. The van der Waals surface area contributed by atoms with E-state index >= 15 is 0 Å². The quantitative estimate of drug-likeness (QED) is 0.759. The van der Waals surface area contributed by atoms with E-state index in [4.69, 9.17) is 0 Å². The number of nitrogens with zero attached hydrogens (tertiary/aromatic N) is 2. The van der Waals surface area contributed by atoms with Gasteiger partial charge in [-0.15, -0.1) is 0 Å². The molecule has 0 atom stereocenters. The van der Waals surface area contributed by atoms with Gasteiger partial charge >= 0.3 is 0 Å². The number of thioether (sulfide) groups is 1. The summed E-state index contributed by atoms with van der Waals surface area (Å²) in [5.74, 6) is -0.319. The molecule has 0 saturated carbocycles. The molecule has 0 unspecified atom stereocenters. The standard InChI is InChI=1S/C12H9FN2S/c13-10-4-3-8-14-11(10)6-9-16-12-5-1-2-7-15-12/h1-9H/b9-6+. The molecule has 2 aromatic heterocycles. The molecule has 4 heteroatoms. The third kappa shape index (κ3) is 2.90. The average Bonchev–Trinajstić information content (AvgIpc) is 2.33. The van der Waals surface area contributed by atoms with E-state index in [-0.39, 0.29) is 5.82 Å². The van der Waals surface area contributed by atoms with Crippen molar-refractivity contribution in [2.75, 3.05) is 0 Å². The van der Waals surface area contributed by atoms with Crippen LogP contribution in [-0.2, 0) is 0 Å². The molecule has 0 aliphatic heterocycles. The Morgan fingerprint density at radius 3 is 2.69 bits per heavy atom. The Balaban J connectivity index is 2.03. The minimum Gasteiger partial charge on any atom is -0.254 e. The molecule has 0 N–H and O–H groups in total. The summed E-state index contributed by atoms with van der Waals surface area (Å²) in [7, 11) is 0. The molecule has 2 rings (SSSR count). The molecular weight excluding hydrogens is 223 g/mol. The first kappa shape index (κ1) is 10.8. The van der Waals surface area contributed by atoms with Crippen LogP contribution in [0.1, 0.15) is 5.69 Å². The SMILES string of the molecule is Fc1cccnc1/C=C/Sc1ccccn1. The molecule has 0 aliphatic rings. The Labute approximate surface area is 97.3 Å². The van der Waals surface area contributed by atoms with Gasteiger partial charge in [0.25, 0.3) is 0 Å². The normalized spacial score (nSPS) is 10.8. The fourth-order valence-corrected chi connectivity index (χ4v) is 1.72. The van der Waals surface area contributed by atoms with Crippen LogP contribution in [0, 0.1) is 5.82 Å². The topological polar surface area (TPSA) is 25.8 Å². The number of pyridine rings is 2. The average molecular weight is 232 g/mol. The van der Waals surface area contributed by atoms with E-state index in [1.165, 1.54) is 17.8 Å². The van der Waals surface area contributed by atoms with Crippen molar-refractivity contribution < 1.29 is 4.39 Å². The molecule has 16 heavy (non-hydrogen) atoms. The Morgan fingerprint density at radius 1 is 1.06 bits per heavy atom. The molecule has 2 heterocycles. The van der Waals surface area contributed by atoms with Crippen molar-refractivity contribution in [2.24, 2.45) is 0 Å². The molecule has 0 radical (unpaired) electrons. The van der Waals surface area contributed by atoms with Crippen molar-refractivity contribution in [3.05, 3.63) is 59.6 Å². The minimum atomic E-state index is -0.319. The molecule has 0 fully saturated rings. The lowest BCUT2D eigenvalue weighted by molar-refractivity contribution is 0.618. The molecule has 80 valence electrons. The maximum Gasteiger partial charge on any atom is 0.148 e. The molecule has 0 amide bonds. The van der Waals surface area contributed by atoms with Gasteiger partial charge in [-0.2, -0.15) is 0 Å². The van der Waals surface area contributed by atoms with Crippen molar-refractivity contribution in [2.45, 2.75) is 5.03 Å². The van der Waals surface area contributed by atoms with Gasteiger partial charge in [-0.25, -0.2) is 9.37 Å². The van der Waals surface area contributed by atoms with E-state index in [1.54, 1.807) is 29.9 Å². The van der Waals surface area contributed by atoms with E-state index < -0.39 is 0 Å². The summed E-state index contributed by atoms with van der Waals surface area (Å²) in [6, 6.07) is 8.61. The minimum absolute atomic E-state index is 0.319. The molecule has 0 aliphatic carbocycles. The Bertz CT molecular complexity index is 485. The first-order valence-corrected chi connectivity index (χ1v) is 5.59. The summed E-state index contributed by atoms with van der Waals surface area (Å²) in [6.45, 7) is 0. The van der Waals surface area contributed by atoms with E-state index in [2.05, 4.69) is 9.97 Å². The van der Waals surface area contributed by atoms with Crippen molar-refractivity contribution in [1.82, 2.24) is 9.97 Å². The molecule has 2 aromatic rings.